The van der Waals surface area contributed by atoms with E-state index in [2.05, 4.69) is 9.72 Å². The van der Waals surface area contributed by atoms with Gasteiger partial charge in [-0.05, 0) is 24.3 Å². The highest BCUT2D eigenvalue weighted by atomic mass is 16.7. The Bertz CT molecular complexity index is 1040. The number of pyridine rings is 1. The van der Waals surface area contributed by atoms with E-state index in [1.807, 2.05) is 0 Å². The summed E-state index contributed by atoms with van der Waals surface area (Å²) in [6, 6.07) is 8.27. The number of fused-ring (bicyclic) bond motifs is 2. The van der Waals surface area contributed by atoms with Gasteiger partial charge in [0.25, 0.3) is 0 Å². The summed E-state index contributed by atoms with van der Waals surface area (Å²) in [7, 11) is 2.51. The molecule has 0 N–H and O–H groups in total. The van der Waals surface area contributed by atoms with Gasteiger partial charge in [0, 0.05) is 11.6 Å². The number of hydrogen-bond donors (Lipinski definition) is 0. The van der Waals surface area contributed by atoms with Gasteiger partial charge in [0.15, 0.2) is 11.5 Å². The van der Waals surface area contributed by atoms with Crippen LogP contribution in [0.5, 0.6) is 11.5 Å². The van der Waals surface area contributed by atoms with E-state index in [0.29, 0.717) is 28.1 Å². The fraction of sp³-hybridized carbons (Fsp3) is 0.167. The molecule has 1 aromatic carbocycles. The largest absolute Gasteiger partial charge is 0.465 e. The number of rotatable bonds is 3. The van der Waals surface area contributed by atoms with E-state index in [1.54, 1.807) is 24.3 Å². The van der Waals surface area contributed by atoms with Crippen LogP contribution in [0, 0.1) is 0 Å². The fourth-order valence-electron chi connectivity index (χ4n) is 2.70. The van der Waals surface area contributed by atoms with Gasteiger partial charge in [0.2, 0.25) is 18.3 Å². The number of esters is 2. The summed E-state index contributed by atoms with van der Waals surface area (Å²) in [5, 5.41) is 0.363. The molecule has 0 amide bonds. The van der Waals surface area contributed by atoms with Gasteiger partial charge in [-0.15, -0.1) is 0 Å². The first kappa shape index (κ1) is 15.9. The fourth-order valence-corrected chi connectivity index (χ4v) is 2.70. The van der Waals surface area contributed by atoms with E-state index in [0.717, 1.165) is 0 Å². The Morgan fingerprint density at radius 1 is 1.00 bits per heavy atom. The van der Waals surface area contributed by atoms with Crippen LogP contribution < -0.4 is 9.47 Å². The van der Waals surface area contributed by atoms with E-state index in [-0.39, 0.29) is 23.8 Å². The number of hydrogen-bond acceptors (Lipinski definition) is 8. The number of ether oxygens (including phenoxy) is 4. The lowest BCUT2D eigenvalue weighted by atomic mass is 10.1. The quantitative estimate of drug-likeness (QED) is 0.662. The third-order valence-electron chi connectivity index (χ3n) is 3.97. The first-order valence-electron chi connectivity index (χ1n) is 7.62. The highest BCUT2D eigenvalue weighted by Gasteiger charge is 2.22. The molecule has 2 aromatic heterocycles. The van der Waals surface area contributed by atoms with Gasteiger partial charge in [-0.3, -0.25) is 0 Å². The van der Waals surface area contributed by atoms with Crippen LogP contribution in [0.4, 0.5) is 0 Å². The minimum absolute atomic E-state index is 0.0528. The molecule has 0 aliphatic carbocycles. The maximum atomic E-state index is 12.2. The molecule has 3 aromatic rings. The molecule has 4 rings (SSSR count). The zero-order valence-corrected chi connectivity index (χ0v) is 13.9. The SMILES string of the molecule is COC(=O)c1cc2c(C(=O)OC)cc(-c3ccc4c(c3)OCO4)nc2o1. The van der Waals surface area contributed by atoms with Crippen molar-refractivity contribution in [1.82, 2.24) is 4.98 Å². The molecule has 1 aliphatic heterocycles. The van der Waals surface area contributed by atoms with Crippen molar-refractivity contribution in [3.8, 4) is 22.8 Å². The van der Waals surface area contributed by atoms with Crippen molar-refractivity contribution < 1.29 is 33.0 Å². The molecule has 8 nitrogen and oxygen atoms in total. The molecule has 3 heterocycles. The lowest BCUT2D eigenvalue weighted by molar-refractivity contribution is 0.0565. The van der Waals surface area contributed by atoms with E-state index in [9.17, 15) is 9.59 Å². The second-order valence-electron chi connectivity index (χ2n) is 5.44. The molecule has 26 heavy (non-hydrogen) atoms. The predicted molar refractivity (Wildman–Crippen MR) is 88.2 cm³/mol. The molecule has 0 saturated carbocycles. The summed E-state index contributed by atoms with van der Waals surface area (Å²) in [6.45, 7) is 0.152. The molecule has 0 atom stereocenters. The number of methoxy groups -OCH3 is 2. The van der Waals surface area contributed by atoms with Crippen LogP contribution in [0.15, 0.2) is 34.7 Å². The van der Waals surface area contributed by atoms with Crippen molar-refractivity contribution in [2.45, 2.75) is 0 Å². The van der Waals surface area contributed by atoms with E-state index >= 15 is 0 Å². The van der Waals surface area contributed by atoms with Gasteiger partial charge in [0.05, 0.1) is 30.9 Å². The van der Waals surface area contributed by atoms with E-state index in [4.69, 9.17) is 18.6 Å². The number of carbonyl (C=O) groups is 2. The summed E-state index contributed by atoms with van der Waals surface area (Å²) in [5.41, 5.74) is 1.50. The topological polar surface area (TPSA) is 97.1 Å². The summed E-state index contributed by atoms with van der Waals surface area (Å²) in [4.78, 5) is 28.3. The second-order valence-corrected chi connectivity index (χ2v) is 5.44. The average Bonchev–Trinajstić information content (AvgIpc) is 3.31. The first-order chi connectivity index (χ1) is 12.6. The van der Waals surface area contributed by atoms with Crippen LogP contribution in [0.3, 0.4) is 0 Å². The Morgan fingerprint density at radius 3 is 2.54 bits per heavy atom. The molecule has 0 radical (unpaired) electrons. The van der Waals surface area contributed by atoms with Crippen LogP contribution in [0.1, 0.15) is 20.9 Å². The summed E-state index contributed by atoms with van der Waals surface area (Å²) in [6.07, 6.45) is 0. The normalized spacial score (nSPS) is 12.2. The predicted octanol–water partition coefficient (Wildman–Crippen LogP) is 2.80. The minimum Gasteiger partial charge on any atom is -0.465 e. The lowest BCUT2D eigenvalue weighted by Crippen LogP contribution is -2.03. The molecule has 8 heteroatoms. The molecule has 0 spiro atoms. The van der Waals surface area contributed by atoms with Crippen molar-refractivity contribution in [3.05, 3.63) is 41.7 Å². The molecule has 0 unspecified atom stereocenters. The summed E-state index contributed by atoms with van der Waals surface area (Å²) >= 11 is 0. The number of benzene rings is 1. The van der Waals surface area contributed by atoms with E-state index < -0.39 is 11.9 Å². The third-order valence-corrected chi connectivity index (χ3v) is 3.97. The van der Waals surface area contributed by atoms with Gasteiger partial charge >= 0.3 is 11.9 Å². The average molecular weight is 355 g/mol. The van der Waals surface area contributed by atoms with E-state index in [1.165, 1.54) is 20.3 Å². The number of aromatic nitrogens is 1. The highest BCUT2D eigenvalue weighted by Crippen LogP contribution is 2.36. The van der Waals surface area contributed by atoms with Gasteiger partial charge in [-0.25, -0.2) is 14.6 Å². The molecule has 0 fully saturated rings. The van der Waals surface area contributed by atoms with Gasteiger partial charge in [0.1, 0.15) is 0 Å². The second kappa shape index (κ2) is 6.07. The lowest BCUT2D eigenvalue weighted by Gasteiger charge is -2.06. The van der Waals surface area contributed by atoms with Crippen molar-refractivity contribution >= 4 is 23.0 Å². The van der Waals surface area contributed by atoms with Gasteiger partial charge in [-0.2, -0.15) is 0 Å². The molecular formula is C18H13NO7. The zero-order valence-electron chi connectivity index (χ0n) is 13.9. The highest BCUT2D eigenvalue weighted by molar-refractivity contribution is 6.05. The van der Waals surface area contributed by atoms with Crippen molar-refractivity contribution in [2.24, 2.45) is 0 Å². The first-order valence-corrected chi connectivity index (χ1v) is 7.62. The van der Waals surface area contributed by atoms with Crippen LogP contribution in [-0.4, -0.2) is 37.9 Å². The van der Waals surface area contributed by atoms with Crippen molar-refractivity contribution in [3.63, 3.8) is 0 Å². The molecule has 1 aliphatic rings. The Balaban J connectivity index is 1.90. The number of furan rings is 1. The Hall–Kier alpha value is -3.55. The number of carbonyl (C=O) groups excluding carboxylic acids is 2. The van der Waals surface area contributed by atoms with Crippen LogP contribution in [0.25, 0.3) is 22.4 Å². The Kier molecular flexibility index (Phi) is 3.72. The van der Waals surface area contributed by atoms with Crippen molar-refractivity contribution in [2.75, 3.05) is 21.0 Å². The molecular weight excluding hydrogens is 342 g/mol. The number of nitrogens with zero attached hydrogens (tertiary/aromatic N) is 1. The van der Waals surface area contributed by atoms with Crippen LogP contribution in [-0.2, 0) is 9.47 Å². The summed E-state index contributed by atoms with van der Waals surface area (Å²) in [5.74, 6) is -0.0734. The van der Waals surface area contributed by atoms with Crippen LogP contribution >= 0.6 is 0 Å². The molecule has 0 saturated heterocycles. The Morgan fingerprint density at radius 2 is 1.77 bits per heavy atom. The summed E-state index contributed by atoms with van der Waals surface area (Å²) < 4.78 is 25.6. The molecule has 132 valence electrons. The van der Waals surface area contributed by atoms with Gasteiger partial charge in [-0.1, -0.05) is 0 Å². The standard InChI is InChI=1S/C18H13NO7/c1-22-17(20)11-6-12(9-3-4-13-14(5-9)25-8-24-13)19-16-10(11)7-15(26-16)18(21)23-2/h3-7H,8H2,1-2H3. The Labute approximate surface area is 147 Å². The monoisotopic (exact) mass is 355 g/mol. The maximum absolute atomic E-state index is 12.2. The maximum Gasteiger partial charge on any atom is 0.374 e. The third kappa shape index (κ3) is 2.52. The minimum atomic E-state index is -0.663. The zero-order chi connectivity index (χ0) is 18.3. The molecule has 0 bridgehead atoms. The smallest absolute Gasteiger partial charge is 0.374 e. The van der Waals surface area contributed by atoms with Crippen LogP contribution in [0.2, 0.25) is 0 Å². The van der Waals surface area contributed by atoms with Gasteiger partial charge < -0.3 is 23.4 Å². The van der Waals surface area contributed by atoms with Crippen molar-refractivity contribution in [1.29, 1.82) is 0 Å².